The molecule has 0 aliphatic carbocycles. The summed E-state index contributed by atoms with van der Waals surface area (Å²) in [6, 6.07) is 19.0. The van der Waals surface area contributed by atoms with Gasteiger partial charge in [-0.3, -0.25) is 14.5 Å². The lowest BCUT2D eigenvalue weighted by Crippen LogP contribution is -2.57. The molecule has 1 heterocycles. The Morgan fingerprint density at radius 3 is 2.21 bits per heavy atom. The van der Waals surface area contributed by atoms with E-state index < -0.39 is 17.5 Å². The zero-order chi connectivity index (χ0) is 20.0. The Morgan fingerprint density at radius 1 is 1.04 bits per heavy atom. The lowest BCUT2D eigenvalue weighted by Gasteiger charge is -2.42. The summed E-state index contributed by atoms with van der Waals surface area (Å²) in [4.78, 5) is 26.1. The second-order valence-corrected chi connectivity index (χ2v) is 7.39. The Bertz CT molecular complexity index is 797. The molecule has 148 valence electrons. The first-order valence-electron chi connectivity index (χ1n) is 9.48. The summed E-state index contributed by atoms with van der Waals surface area (Å²) in [7, 11) is 0. The number of carbonyl (C=O) groups excluding carboxylic acids is 1. The molecule has 3 rings (SSSR count). The highest BCUT2D eigenvalue weighted by Crippen LogP contribution is 2.36. The summed E-state index contributed by atoms with van der Waals surface area (Å²) in [6.07, 6.45) is -0.469. The quantitative estimate of drug-likeness (QED) is 0.678. The highest BCUT2D eigenvalue weighted by atomic mass is 16.4. The zero-order valence-electron chi connectivity index (χ0n) is 15.8. The molecule has 0 saturated carbocycles. The zero-order valence-corrected chi connectivity index (χ0v) is 15.8. The van der Waals surface area contributed by atoms with Crippen LogP contribution >= 0.6 is 0 Å². The minimum Gasteiger partial charge on any atom is -0.481 e. The molecule has 1 aliphatic rings. The van der Waals surface area contributed by atoms with Crippen molar-refractivity contribution in [3.05, 3.63) is 71.8 Å². The van der Waals surface area contributed by atoms with Crippen molar-refractivity contribution in [3.8, 4) is 0 Å². The van der Waals surface area contributed by atoms with E-state index in [0.29, 0.717) is 19.5 Å². The second kappa shape index (κ2) is 8.99. The van der Waals surface area contributed by atoms with Gasteiger partial charge in [-0.2, -0.15) is 0 Å². The Kier molecular flexibility index (Phi) is 6.44. The standard InChI is InChI=1S/C22H26N2O4/c25-19-15-24(16-20(26)23-14-18-9-5-2-6-10-18)12-11-22(19,21(27)28)13-17-7-3-1-4-8-17/h1-10,19,25H,11-16H2,(H,23,26)(H,27,28)/t19-,22+/m0/s1. The van der Waals surface area contributed by atoms with Crippen LogP contribution < -0.4 is 5.32 Å². The van der Waals surface area contributed by atoms with Crippen molar-refractivity contribution in [1.82, 2.24) is 10.2 Å². The van der Waals surface area contributed by atoms with Crippen LogP contribution in [0.4, 0.5) is 0 Å². The summed E-state index contributed by atoms with van der Waals surface area (Å²) in [5, 5.41) is 23.4. The molecule has 0 unspecified atom stereocenters. The van der Waals surface area contributed by atoms with Gasteiger partial charge < -0.3 is 15.5 Å². The number of aliphatic carboxylic acids is 1. The monoisotopic (exact) mass is 382 g/mol. The molecular formula is C22H26N2O4. The van der Waals surface area contributed by atoms with E-state index in [1.165, 1.54) is 0 Å². The summed E-state index contributed by atoms with van der Waals surface area (Å²) >= 11 is 0. The van der Waals surface area contributed by atoms with E-state index in [2.05, 4.69) is 5.32 Å². The third-order valence-corrected chi connectivity index (χ3v) is 5.43. The average molecular weight is 382 g/mol. The highest BCUT2D eigenvalue weighted by molar-refractivity contribution is 5.78. The number of hydrogen-bond donors (Lipinski definition) is 3. The number of amides is 1. The maximum Gasteiger partial charge on any atom is 0.312 e. The molecule has 6 heteroatoms. The molecule has 2 aromatic carbocycles. The SMILES string of the molecule is O=C(CN1CC[C@](Cc2ccccc2)(C(=O)O)[C@@H](O)C1)NCc1ccccc1. The van der Waals surface area contributed by atoms with Crippen LogP contribution in [-0.2, 0) is 22.6 Å². The number of hydrogen-bond acceptors (Lipinski definition) is 4. The van der Waals surface area contributed by atoms with E-state index in [0.717, 1.165) is 11.1 Å². The smallest absolute Gasteiger partial charge is 0.312 e. The van der Waals surface area contributed by atoms with E-state index in [4.69, 9.17) is 0 Å². The predicted octanol–water partition coefficient (Wildman–Crippen LogP) is 1.68. The van der Waals surface area contributed by atoms with Crippen molar-refractivity contribution in [1.29, 1.82) is 0 Å². The fourth-order valence-corrected chi connectivity index (χ4v) is 3.73. The van der Waals surface area contributed by atoms with Gasteiger partial charge in [0.25, 0.3) is 0 Å². The number of carbonyl (C=O) groups is 2. The van der Waals surface area contributed by atoms with Crippen LogP contribution in [0.1, 0.15) is 17.5 Å². The molecule has 6 nitrogen and oxygen atoms in total. The van der Waals surface area contributed by atoms with Crippen molar-refractivity contribution in [2.75, 3.05) is 19.6 Å². The van der Waals surface area contributed by atoms with Gasteiger partial charge in [-0.05, 0) is 30.5 Å². The second-order valence-electron chi connectivity index (χ2n) is 7.39. The Labute approximate surface area is 164 Å². The predicted molar refractivity (Wildman–Crippen MR) is 106 cm³/mol. The third-order valence-electron chi connectivity index (χ3n) is 5.43. The van der Waals surface area contributed by atoms with E-state index in [9.17, 15) is 19.8 Å². The van der Waals surface area contributed by atoms with Gasteiger partial charge in [-0.15, -0.1) is 0 Å². The molecule has 1 saturated heterocycles. The van der Waals surface area contributed by atoms with Crippen molar-refractivity contribution < 1.29 is 19.8 Å². The number of β-amino-alcohol motifs (C(OH)–C–C–N with tert-alkyl or cyclic N) is 1. The summed E-state index contributed by atoms with van der Waals surface area (Å²) in [5.74, 6) is -1.13. The summed E-state index contributed by atoms with van der Waals surface area (Å²) < 4.78 is 0. The Balaban J connectivity index is 1.57. The van der Waals surface area contributed by atoms with Crippen molar-refractivity contribution >= 4 is 11.9 Å². The third kappa shape index (κ3) is 4.77. The average Bonchev–Trinajstić information content (AvgIpc) is 2.70. The number of nitrogens with one attached hydrogen (secondary N) is 1. The van der Waals surface area contributed by atoms with Gasteiger partial charge >= 0.3 is 5.97 Å². The van der Waals surface area contributed by atoms with E-state index >= 15 is 0 Å². The Hall–Kier alpha value is -2.70. The fourth-order valence-electron chi connectivity index (χ4n) is 3.73. The van der Waals surface area contributed by atoms with Crippen LogP contribution in [0.3, 0.4) is 0 Å². The molecule has 2 aromatic rings. The highest BCUT2D eigenvalue weighted by Gasteiger charge is 2.48. The number of carboxylic acids is 1. The number of aliphatic hydroxyl groups is 1. The van der Waals surface area contributed by atoms with Gasteiger partial charge in [-0.1, -0.05) is 60.7 Å². The first-order chi connectivity index (χ1) is 13.5. The van der Waals surface area contributed by atoms with E-state index in [1.54, 1.807) is 0 Å². The van der Waals surface area contributed by atoms with Crippen LogP contribution in [0, 0.1) is 5.41 Å². The molecule has 3 N–H and O–H groups in total. The topological polar surface area (TPSA) is 89.9 Å². The molecular weight excluding hydrogens is 356 g/mol. The number of carboxylic acid groups (broad SMARTS) is 1. The first kappa shape index (κ1) is 20.0. The molecule has 0 aromatic heterocycles. The molecule has 28 heavy (non-hydrogen) atoms. The number of rotatable bonds is 7. The van der Waals surface area contributed by atoms with Crippen LogP contribution in [0.15, 0.2) is 60.7 Å². The molecule has 0 bridgehead atoms. The fraction of sp³-hybridized carbons (Fsp3) is 0.364. The number of likely N-dealkylation sites (tertiary alicyclic amines) is 1. The molecule has 1 amide bonds. The van der Waals surface area contributed by atoms with Crippen molar-refractivity contribution in [2.24, 2.45) is 5.41 Å². The van der Waals surface area contributed by atoms with Gasteiger partial charge in [0, 0.05) is 13.1 Å². The first-order valence-corrected chi connectivity index (χ1v) is 9.48. The van der Waals surface area contributed by atoms with E-state index in [-0.39, 0.29) is 25.4 Å². The minimum absolute atomic E-state index is 0.137. The molecule has 1 aliphatic heterocycles. The normalized spacial score (nSPS) is 22.5. The lowest BCUT2D eigenvalue weighted by molar-refractivity contribution is -0.163. The van der Waals surface area contributed by atoms with Gasteiger partial charge in [0.1, 0.15) is 5.41 Å². The van der Waals surface area contributed by atoms with Gasteiger partial charge in [0.2, 0.25) is 5.91 Å². The maximum absolute atomic E-state index is 12.2. The van der Waals surface area contributed by atoms with Gasteiger partial charge in [0.15, 0.2) is 0 Å². The number of nitrogens with zero attached hydrogens (tertiary/aromatic N) is 1. The summed E-state index contributed by atoms with van der Waals surface area (Å²) in [5.41, 5.74) is 0.679. The lowest BCUT2D eigenvalue weighted by atomic mass is 9.71. The van der Waals surface area contributed by atoms with Crippen LogP contribution in [-0.4, -0.2) is 52.7 Å². The molecule has 0 radical (unpaired) electrons. The van der Waals surface area contributed by atoms with Gasteiger partial charge in [0.05, 0.1) is 12.6 Å². The van der Waals surface area contributed by atoms with Gasteiger partial charge in [-0.25, -0.2) is 0 Å². The largest absolute Gasteiger partial charge is 0.481 e. The summed E-state index contributed by atoms with van der Waals surface area (Å²) in [6.45, 7) is 1.21. The van der Waals surface area contributed by atoms with Crippen LogP contribution in [0.5, 0.6) is 0 Å². The Morgan fingerprint density at radius 2 is 1.64 bits per heavy atom. The number of piperidine rings is 1. The molecule has 0 spiro atoms. The van der Waals surface area contributed by atoms with Crippen molar-refractivity contribution in [2.45, 2.75) is 25.5 Å². The van der Waals surface area contributed by atoms with Crippen LogP contribution in [0.2, 0.25) is 0 Å². The number of aliphatic hydroxyl groups excluding tert-OH is 1. The van der Waals surface area contributed by atoms with Crippen molar-refractivity contribution in [3.63, 3.8) is 0 Å². The van der Waals surface area contributed by atoms with E-state index in [1.807, 2.05) is 65.6 Å². The van der Waals surface area contributed by atoms with Crippen LogP contribution in [0.25, 0.3) is 0 Å². The molecule has 2 atom stereocenters. The minimum atomic E-state index is -1.22. The number of benzene rings is 2. The maximum atomic E-state index is 12.2. The molecule has 1 fully saturated rings.